The number of allylic oxidation sites excluding steroid dienone is 4. The number of halogens is 2. The monoisotopic (exact) mass is 556 g/mol. The van der Waals surface area contributed by atoms with Crippen molar-refractivity contribution in [2.24, 2.45) is 0 Å². The van der Waals surface area contributed by atoms with E-state index in [4.69, 9.17) is 16.3 Å². The van der Waals surface area contributed by atoms with E-state index in [1.807, 2.05) is 28.1 Å². The third kappa shape index (κ3) is 5.74. The van der Waals surface area contributed by atoms with Gasteiger partial charge in [0.15, 0.2) is 0 Å². The molecule has 158 valence electrons. The van der Waals surface area contributed by atoms with Gasteiger partial charge in [0.05, 0.1) is 6.10 Å². The van der Waals surface area contributed by atoms with Gasteiger partial charge in [0.25, 0.3) is 0 Å². The van der Waals surface area contributed by atoms with Crippen molar-refractivity contribution < 1.29 is 39.2 Å². The number of nitrogens with one attached hydrogen (secondary N) is 1. The molecule has 0 atom stereocenters. The number of carbonyl (C=O) groups is 1. The molecule has 0 saturated heterocycles. The van der Waals surface area contributed by atoms with E-state index in [-0.39, 0.29) is 49.2 Å². The molecule has 0 amide bonds. The molecule has 0 radical (unpaired) electrons. The van der Waals surface area contributed by atoms with E-state index in [0.717, 1.165) is 0 Å². The van der Waals surface area contributed by atoms with Crippen molar-refractivity contribution in [2.75, 3.05) is 4.72 Å². The quantitative estimate of drug-likeness (QED) is 0.419. The summed E-state index contributed by atoms with van der Waals surface area (Å²) in [6, 6.07) is 10.6. The summed E-state index contributed by atoms with van der Waals surface area (Å²) >= 11 is 5.86. The summed E-state index contributed by atoms with van der Waals surface area (Å²) in [6.45, 7) is 3.78. The summed E-state index contributed by atoms with van der Waals surface area (Å²) in [4.78, 5) is 13.1. The number of hydrogen-bond donors (Lipinski definition) is 1. The minimum atomic E-state index is -3.91. The molecule has 0 bridgehead atoms. The number of ether oxygens (including phenoxy) is 1. The molecular formula is C22H20ClINO4S-. The van der Waals surface area contributed by atoms with Gasteiger partial charge < -0.3 is 4.74 Å². The van der Waals surface area contributed by atoms with E-state index < -0.39 is 10.0 Å². The number of carbonyl (C=O) groups excluding carboxylic acids is 1. The molecule has 1 aliphatic heterocycles. The van der Waals surface area contributed by atoms with Crippen molar-refractivity contribution in [2.45, 2.75) is 24.8 Å². The fourth-order valence-electron chi connectivity index (χ4n) is 2.66. The Hall–Kier alpha value is -2.10. The van der Waals surface area contributed by atoms with Crippen LogP contribution in [0.4, 0.5) is 5.69 Å². The number of hydrogen-bond acceptors (Lipinski definition) is 4. The zero-order valence-electron chi connectivity index (χ0n) is 16.3. The molecule has 1 heterocycles. The molecule has 0 aromatic heterocycles. The second-order valence-corrected chi connectivity index (χ2v) is 10.9. The molecule has 8 heteroatoms. The first kappa shape index (κ1) is 22.6. The summed E-state index contributed by atoms with van der Waals surface area (Å²) in [5.74, 6) is 0.275. The molecule has 5 nitrogen and oxygen atoms in total. The van der Waals surface area contributed by atoms with Crippen molar-refractivity contribution in [3.05, 3.63) is 85.0 Å². The molecule has 3 rings (SSSR count). The van der Waals surface area contributed by atoms with Gasteiger partial charge in [0, 0.05) is 0 Å². The van der Waals surface area contributed by atoms with Gasteiger partial charge in [-0.1, -0.05) is 0 Å². The van der Waals surface area contributed by atoms with E-state index in [1.165, 1.54) is 24.3 Å². The number of benzene rings is 2. The average molecular weight is 557 g/mol. The van der Waals surface area contributed by atoms with Crippen molar-refractivity contribution in [1.29, 1.82) is 0 Å². The van der Waals surface area contributed by atoms with Crippen molar-refractivity contribution >= 4 is 33.1 Å². The maximum atomic E-state index is 13.0. The first-order valence-electron chi connectivity index (χ1n) is 9.05. The van der Waals surface area contributed by atoms with E-state index in [9.17, 15) is 13.2 Å². The molecule has 2 aromatic rings. The van der Waals surface area contributed by atoms with Crippen LogP contribution >= 0.6 is 11.6 Å². The molecule has 0 saturated carbocycles. The van der Waals surface area contributed by atoms with Crippen molar-refractivity contribution in [1.82, 2.24) is 0 Å². The fourth-order valence-corrected chi connectivity index (χ4v) is 5.19. The second-order valence-electron chi connectivity index (χ2n) is 6.62. The zero-order chi connectivity index (χ0) is 21.7. The Balaban J connectivity index is 1.92. The molecule has 1 N–H and O–H groups in total. The van der Waals surface area contributed by atoms with E-state index in [0.29, 0.717) is 16.3 Å². The third-order valence-electron chi connectivity index (χ3n) is 3.98. The van der Waals surface area contributed by atoms with Gasteiger partial charge in [-0.15, -0.1) is 0 Å². The molecule has 0 fully saturated rings. The molecule has 1 aliphatic rings. The van der Waals surface area contributed by atoms with Crippen LogP contribution in [0.2, 0.25) is 5.02 Å². The van der Waals surface area contributed by atoms with Crippen LogP contribution in [0.25, 0.3) is 0 Å². The van der Waals surface area contributed by atoms with Gasteiger partial charge in [-0.05, 0) is 13.8 Å². The number of ketones is 1. The SMILES string of the molecule is CC(C)Oc1ccc(S(=O)(=O)Nc2ccc(Cl)cc2C(=O)C2=CC=C[I-]C=C2)cc1. The average Bonchev–Trinajstić information content (AvgIpc) is 2.98. The molecule has 0 unspecified atom stereocenters. The standard InChI is InChI=1S/C22H20ClINO4S/c1-15(2)29-18-6-8-19(9-7-18)30(27,28)25-21-10-5-17(23)14-20(21)22(26)16-4-3-12-24-13-11-16/h3-15,25H,1-2H3/q-1. The topological polar surface area (TPSA) is 72.5 Å². The van der Waals surface area contributed by atoms with E-state index >= 15 is 0 Å². The Kier molecular flexibility index (Phi) is 7.38. The molecule has 0 spiro atoms. The Morgan fingerprint density at radius 2 is 1.83 bits per heavy atom. The number of sulfonamides is 1. The van der Waals surface area contributed by atoms with Crippen LogP contribution in [0.5, 0.6) is 5.75 Å². The van der Waals surface area contributed by atoms with Gasteiger partial charge in [-0.3, -0.25) is 0 Å². The first-order valence-corrected chi connectivity index (χ1v) is 13.4. The summed E-state index contributed by atoms with van der Waals surface area (Å²) < 4.78 is 37.9. The third-order valence-corrected chi connectivity index (χ3v) is 7.20. The van der Waals surface area contributed by atoms with E-state index in [2.05, 4.69) is 4.72 Å². The van der Waals surface area contributed by atoms with Crippen LogP contribution in [0, 0.1) is 0 Å². The maximum absolute atomic E-state index is 13.0. The summed E-state index contributed by atoms with van der Waals surface area (Å²) in [5, 5.41) is 0.345. The Bertz CT molecular complexity index is 1140. The van der Waals surface area contributed by atoms with Crippen molar-refractivity contribution in [3.63, 3.8) is 0 Å². The second kappa shape index (κ2) is 9.80. The number of rotatable bonds is 7. The predicted octanol–water partition coefficient (Wildman–Crippen LogP) is 2.17. The van der Waals surface area contributed by atoms with Gasteiger partial charge in [0.2, 0.25) is 0 Å². The number of anilines is 1. The van der Waals surface area contributed by atoms with Crippen LogP contribution < -0.4 is 30.7 Å². The molecular weight excluding hydrogens is 537 g/mol. The molecule has 30 heavy (non-hydrogen) atoms. The Labute approximate surface area is 191 Å². The molecule has 2 aromatic carbocycles. The Morgan fingerprint density at radius 1 is 1.10 bits per heavy atom. The minimum absolute atomic E-state index is 0.0162. The Morgan fingerprint density at radius 3 is 2.53 bits per heavy atom. The summed E-state index contributed by atoms with van der Waals surface area (Å²) in [5.41, 5.74) is 0.834. The van der Waals surface area contributed by atoms with Crippen LogP contribution in [-0.2, 0) is 10.0 Å². The molecule has 0 aliphatic carbocycles. The van der Waals surface area contributed by atoms with Crippen LogP contribution in [0.1, 0.15) is 24.2 Å². The fraction of sp³-hybridized carbons (Fsp3) is 0.136. The first-order chi connectivity index (χ1) is 14.3. The van der Waals surface area contributed by atoms with Crippen LogP contribution in [0.15, 0.2) is 79.3 Å². The van der Waals surface area contributed by atoms with E-state index in [1.54, 1.807) is 30.4 Å². The normalized spacial score (nSPS) is 13.9. The van der Waals surface area contributed by atoms with Gasteiger partial charge in [-0.2, -0.15) is 0 Å². The predicted molar refractivity (Wildman–Crippen MR) is 115 cm³/mol. The number of Topliss-reactive ketones (excluding diaryl/α,β-unsaturated/α-hetero) is 1. The van der Waals surface area contributed by atoms with Gasteiger partial charge >= 0.3 is 168 Å². The zero-order valence-corrected chi connectivity index (χ0v) is 20.0. The van der Waals surface area contributed by atoms with Crippen molar-refractivity contribution in [3.8, 4) is 5.75 Å². The van der Waals surface area contributed by atoms with Crippen LogP contribution in [-0.4, -0.2) is 20.3 Å². The summed E-state index contributed by atoms with van der Waals surface area (Å²) in [7, 11) is -3.91. The van der Waals surface area contributed by atoms with Gasteiger partial charge in [0.1, 0.15) is 0 Å². The van der Waals surface area contributed by atoms with Gasteiger partial charge in [-0.25, -0.2) is 0 Å². The summed E-state index contributed by atoms with van der Waals surface area (Å²) in [6.07, 6.45) is 5.31. The van der Waals surface area contributed by atoms with Crippen LogP contribution in [0.3, 0.4) is 0 Å².